The molecule has 2 aromatic carbocycles. The van der Waals surface area contributed by atoms with E-state index in [-0.39, 0.29) is 12.4 Å². The molecule has 0 heterocycles. The summed E-state index contributed by atoms with van der Waals surface area (Å²) < 4.78 is 14.0. The minimum atomic E-state index is -0.788. The van der Waals surface area contributed by atoms with Gasteiger partial charge in [-0.05, 0) is 42.0 Å². The van der Waals surface area contributed by atoms with E-state index in [1.165, 1.54) is 12.1 Å². The van der Waals surface area contributed by atoms with Gasteiger partial charge in [-0.3, -0.25) is 0 Å². The molecule has 0 saturated carbocycles. The maximum absolute atomic E-state index is 13.2. The summed E-state index contributed by atoms with van der Waals surface area (Å²) in [6, 6.07) is 9.41. The van der Waals surface area contributed by atoms with Gasteiger partial charge in [0.05, 0.1) is 6.10 Å². The molecule has 0 aliphatic carbocycles. The van der Waals surface area contributed by atoms with Crippen LogP contribution in [0.2, 0.25) is 10.0 Å². The Bertz CT molecular complexity index is 639. The molecule has 2 rings (SSSR count). The summed E-state index contributed by atoms with van der Waals surface area (Å²) >= 11 is 15.3. The van der Waals surface area contributed by atoms with E-state index in [9.17, 15) is 9.50 Å². The van der Waals surface area contributed by atoms with E-state index in [2.05, 4.69) is 21.2 Å². The van der Waals surface area contributed by atoms with Gasteiger partial charge in [-0.25, -0.2) is 4.39 Å². The van der Waals surface area contributed by atoms with Crippen LogP contribution in [0.3, 0.4) is 0 Å². The Balaban J connectivity index is 1.96. The molecule has 0 fully saturated rings. The standard InChI is InChI=1S/C15H13BrCl2FNO/c16-13-3-2-11(19)5-9(13)7-20-8-15(21)12-6-10(17)1-4-14(12)18/h1-6,15,20-21H,7-8H2. The highest BCUT2D eigenvalue weighted by molar-refractivity contribution is 9.10. The first kappa shape index (κ1) is 16.7. The summed E-state index contributed by atoms with van der Waals surface area (Å²) in [6.07, 6.45) is -0.788. The van der Waals surface area contributed by atoms with Crippen LogP contribution < -0.4 is 5.32 Å². The third-order valence-corrected chi connectivity index (χ3v) is 4.33. The fourth-order valence-corrected chi connectivity index (χ4v) is 2.71. The SMILES string of the molecule is OC(CNCc1cc(F)ccc1Br)c1cc(Cl)ccc1Cl. The van der Waals surface area contributed by atoms with Gasteiger partial charge in [0.25, 0.3) is 0 Å². The van der Waals surface area contributed by atoms with Crippen LogP contribution in [-0.4, -0.2) is 11.7 Å². The molecular weight excluding hydrogens is 380 g/mol. The minimum absolute atomic E-state index is 0.281. The third kappa shape index (κ3) is 4.66. The zero-order valence-electron chi connectivity index (χ0n) is 10.9. The molecule has 2 aromatic rings. The average Bonchev–Trinajstić information content (AvgIpc) is 2.45. The summed E-state index contributed by atoms with van der Waals surface area (Å²) in [5.74, 6) is -0.298. The second-order valence-electron chi connectivity index (χ2n) is 4.55. The normalized spacial score (nSPS) is 12.4. The zero-order valence-corrected chi connectivity index (χ0v) is 14.0. The molecule has 0 spiro atoms. The maximum Gasteiger partial charge on any atom is 0.123 e. The van der Waals surface area contributed by atoms with E-state index in [0.29, 0.717) is 22.2 Å². The summed E-state index contributed by atoms with van der Waals surface area (Å²) in [5, 5.41) is 14.2. The first-order valence-corrected chi connectivity index (χ1v) is 7.80. The number of aliphatic hydroxyl groups is 1. The average molecular weight is 393 g/mol. The molecule has 112 valence electrons. The van der Waals surface area contributed by atoms with Crippen molar-refractivity contribution in [2.24, 2.45) is 0 Å². The van der Waals surface area contributed by atoms with E-state index in [0.717, 1.165) is 10.0 Å². The Morgan fingerprint density at radius 1 is 1.19 bits per heavy atom. The van der Waals surface area contributed by atoms with Crippen molar-refractivity contribution in [1.82, 2.24) is 5.32 Å². The summed E-state index contributed by atoms with van der Waals surface area (Å²) in [6.45, 7) is 0.705. The van der Waals surface area contributed by atoms with Crippen LogP contribution in [0.15, 0.2) is 40.9 Å². The number of hydrogen-bond acceptors (Lipinski definition) is 2. The lowest BCUT2D eigenvalue weighted by atomic mass is 10.1. The second-order valence-corrected chi connectivity index (χ2v) is 6.25. The number of halogens is 4. The largest absolute Gasteiger partial charge is 0.387 e. The quantitative estimate of drug-likeness (QED) is 0.771. The lowest BCUT2D eigenvalue weighted by Crippen LogP contribution is -2.21. The van der Waals surface area contributed by atoms with Crippen LogP contribution in [0.1, 0.15) is 17.2 Å². The first-order chi connectivity index (χ1) is 9.97. The van der Waals surface area contributed by atoms with Gasteiger partial charge in [-0.15, -0.1) is 0 Å². The van der Waals surface area contributed by atoms with Crippen molar-refractivity contribution in [1.29, 1.82) is 0 Å². The van der Waals surface area contributed by atoms with E-state index < -0.39 is 6.10 Å². The zero-order chi connectivity index (χ0) is 15.4. The van der Waals surface area contributed by atoms with E-state index in [1.54, 1.807) is 24.3 Å². The molecule has 0 aliphatic rings. The molecule has 0 radical (unpaired) electrons. The summed E-state index contributed by atoms with van der Waals surface area (Å²) in [7, 11) is 0. The van der Waals surface area contributed by atoms with Gasteiger partial charge >= 0.3 is 0 Å². The molecule has 0 amide bonds. The Morgan fingerprint density at radius 3 is 2.71 bits per heavy atom. The molecule has 0 saturated heterocycles. The molecule has 6 heteroatoms. The molecular formula is C15H13BrCl2FNO. The van der Waals surface area contributed by atoms with Crippen molar-refractivity contribution in [2.45, 2.75) is 12.6 Å². The van der Waals surface area contributed by atoms with Crippen molar-refractivity contribution < 1.29 is 9.50 Å². The van der Waals surface area contributed by atoms with Crippen LogP contribution in [-0.2, 0) is 6.54 Å². The highest BCUT2D eigenvalue weighted by Crippen LogP contribution is 2.26. The number of hydrogen-bond donors (Lipinski definition) is 2. The van der Waals surface area contributed by atoms with Gasteiger partial charge in [0, 0.05) is 33.2 Å². The van der Waals surface area contributed by atoms with E-state index >= 15 is 0 Å². The highest BCUT2D eigenvalue weighted by atomic mass is 79.9. The number of benzene rings is 2. The predicted molar refractivity (Wildman–Crippen MR) is 87.2 cm³/mol. The number of rotatable bonds is 5. The monoisotopic (exact) mass is 391 g/mol. The van der Waals surface area contributed by atoms with Crippen LogP contribution in [0.5, 0.6) is 0 Å². The predicted octanol–water partition coefficient (Wildman–Crippen LogP) is 4.72. The molecule has 0 aliphatic heterocycles. The summed E-state index contributed by atoms with van der Waals surface area (Å²) in [5.41, 5.74) is 1.34. The third-order valence-electron chi connectivity index (χ3n) is 2.98. The van der Waals surface area contributed by atoms with Gasteiger partial charge in [0.1, 0.15) is 5.82 Å². The highest BCUT2D eigenvalue weighted by Gasteiger charge is 2.12. The van der Waals surface area contributed by atoms with E-state index in [1.807, 2.05) is 0 Å². The Morgan fingerprint density at radius 2 is 1.95 bits per heavy atom. The van der Waals surface area contributed by atoms with Gasteiger partial charge in [-0.1, -0.05) is 39.1 Å². The van der Waals surface area contributed by atoms with Gasteiger partial charge in [0.2, 0.25) is 0 Å². The van der Waals surface area contributed by atoms with Crippen LogP contribution in [0.4, 0.5) is 4.39 Å². The molecule has 21 heavy (non-hydrogen) atoms. The molecule has 1 unspecified atom stereocenters. The number of nitrogens with one attached hydrogen (secondary N) is 1. The van der Waals surface area contributed by atoms with Crippen molar-refractivity contribution in [3.63, 3.8) is 0 Å². The van der Waals surface area contributed by atoms with Gasteiger partial charge < -0.3 is 10.4 Å². The van der Waals surface area contributed by atoms with Gasteiger partial charge in [-0.2, -0.15) is 0 Å². The molecule has 0 aromatic heterocycles. The topological polar surface area (TPSA) is 32.3 Å². The van der Waals surface area contributed by atoms with Crippen molar-refractivity contribution in [3.05, 3.63) is 67.9 Å². The Hall–Kier alpha value is -0.650. The summed E-state index contributed by atoms with van der Waals surface area (Å²) in [4.78, 5) is 0. The van der Waals surface area contributed by atoms with Gasteiger partial charge in [0.15, 0.2) is 0 Å². The first-order valence-electron chi connectivity index (χ1n) is 6.25. The lowest BCUT2D eigenvalue weighted by molar-refractivity contribution is 0.174. The van der Waals surface area contributed by atoms with Crippen LogP contribution in [0, 0.1) is 5.82 Å². The lowest BCUT2D eigenvalue weighted by Gasteiger charge is -2.14. The van der Waals surface area contributed by atoms with Crippen molar-refractivity contribution in [3.8, 4) is 0 Å². The minimum Gasteiger partial charge on any atom is -0.387 e. The van der Waals surface area contributed by atoms with Crippen LogP contribution in [0.25, 0.3) is 0 Å². The second kappa shape index (κ2) is 7.56. The van der Waals surface area contributed by atoms with Crippen LogP contribution >= 0.6 is 39.1 Å². The molecule has 1 atom stereocenters. The maximum atomic E-state index is 13.2. The molecule has 2 N–H and O–H groups in total. The number of aliphatic hydroxyl groups excluding tert-OH is 1. The van der Waals surface area contributed by atoms with Crippen molar-refractivity contribution in [2.75, 3.05) is 6.54 Å². The fourth-order valence-electron chi connectivity index (χ4n) is 1.90. The Labute approximate surface area is 141 Å². The Kier molecular flexibility index (Phi) is 6.02. The van der Waals surface area contributed by atoms with E-state index in [4.69, 9.17) is 23.2 Å². The fraction of sp³-hybridized carbons (Fsp3) is 0.200. The molecule has 0 bridgehead atoms. The van der Waals surface area contributed by atoms with Crippen molar-refractivity contribution >= 4 is 39.1 Å². The molecule has 2 nitrogen and oxygen atoms in total. The smallest absolute Gasteiger partial charge is 0.123 e.